The second kappa shape index (κ2) is 23.3. The summed E-state index contributed by atoms with van der Waals surface area (Å²) < 4.78 is 0. The number of nitrogens with two attached hydrogens (primary N) is 5. The molecular weight excluding hydrogens is 650 g/mol. The molecular formula is C28H51N11O10. The Morgan fingerprint density at radius 3 is 1.84 bits per heavy atom. The van der Waals surface area contributed by atoms with Crippen molar-refractivity contribution in [3.05, 3.63) is 0 Å². The Morgan fingerprint density at radius 2 is 1.31 bits per heavy atom. The first-order valence-electron chi connectivity index (χ1n) is 15.6. The number of hydrogen-bond acceptors (Lipinski definition) is 11. The van der Waals surface area contributed by atoms with Crippen molar-refractivity contribution in [1.29, 1.82) is 0 Å². The second-order valence-electron chi connectivity index (χ2n) is 11.5. The number of guanidine groups is 1. The van der Waals surface area contributed by atoms with Gasteiger partial charge in [0.15, 0.2) is 5.96 Å². The van der Waals surface area contributed by atoms with E-state index in [-0.39, 0.29) is 44.6 Å². The molecule has 21 heteroatoms. The number of aliphatic carboxylic acids is 2. The molecule has 0 radical (unpaired) electrons. The Labute approximate surface area is 283 Å². The minimum absolute atomic E-state index is 0.0572. The number of rotatable bonds is 25. The van der Waals surface area contributed by atoms with Gasteiger partial charge >= 0.3 is 11.9 Å². The van der Waals surface area contributed by atoms with Crippen molar-refractivity contribution in [2.45, 2.75) is 95.4 Å². The van der Waals surface area contributed by atoms with Gasteiger partial charge in [-0.05, 0) is 44.6 Å². The molecule has 17 N–H and O–H groups in total. The van der Waals surface area contributed by atoms with Gasteiger partial charge in [-0.1, -0.05) is 20.3 Å². The molecule has 5 unspecified atom stereocenters. The number of hydrogen-bond donors (Lipinski definition) is 12. The van der Waals surface area contributed by atoms with E-state index in [0.29, 0.717) is 19.4 Å². The Balaban J connectivity index is 5.79. The predicted molar refractivity (Wildman–Crippen MR) is 175 cm³/mol. The van der Waals surface area contributed by atoms with E-state index in [1.807, 2.05) is 0 Å². The standard InChI is InChI=1S/C28H51N11O10/c1-14(2)22(27(48)49)39-26(47)18(12-21(42)43)36-20(41)13-35-24(45)16(7-5-11-34-28(32)33)38-25(46)17(8-9-19(31)40)37-23(44)15(30)6-3-4-10-29/h14-18,22H,3-13,29-30H2,1-2H3,(H2,31,40)(H,35,45)(H,36,41)(H,37,44)(H,38,46)(H,39,47)(H,42,43)(H,48,49)(H4,32,33,34). The van der Waals surface area contributed by atoms with Crippen molar-refractivity contribution < 1.29 is 48.6 Å². The van der Waals surface area contributed by atoms with Crippen LogP contribution in [0.4, 0.5) is 0 Å². The summed E-state index contributed by atoms with van der Waals surface area (Å²) in [4.78, 5) is 102. The van der Waals surface area contributed by atoms with Gasteiger partial charge < -0.3 is 65.5 Å². The van der Waals surface area contributed by atoms with Crippen molar-refractivity contribution in [3.8, 4) is 0 Å². The number of carboxylic acids is 2. The molecule has 6 amide bonds. The monoisotopic (exact) mass is 701 g/mol. The van der Waals surface area contributed by atoms with Crippen LogP contribution in [0.25, 0.3) is 0 Å². The molecule has 5 atom stereocenters. The maximum atomic E-state index is 13.3. The molecule has 0 bridgehead atoms. The molecule has 0 aliphatic carbocycles. The summed E-state index contributed by atoms with van der Waals surface area (Å²) in [6.45, 7) is 2.70. The van der Waals surface area contributed by atoms with Crippen LogP contribution in [-0.2, 0) is 38.4 Å². The summed E-state index contributed by atoms with van der Waals surface area (Å²) in [7, 11) is 0. The fourth-order valence-corrected chi connectivity index (χ4v) is 4.21. The summed E-state index contributed by atoms with van der Waals surface area (Å²) in [5, 5.41) is 30.1. The van der Waals surface area contributed by atoms with Crippen LogP contribution < -0.4 is 55.3 Å². The van der Waals surface area contributed by atoms with Crippen LogP contribution >= 0.6 is 0 Å². The number of carbonyl (C=O) groups is 8. The van der Waals surface area contributed by atoms with Gasteiger partial charge in [0.1, 0.15) is 24.2 Å². The number of nitrogens with one attached hydrogen (secondary N) is 5. The molecule has 0 aromatic carbocycles. The number of unbranched alkanes of at least 4 members (excludes halogenated alkanes) is 1. The van der Waals surface area contributed by atoms with Crippen molar-refractivity contribution in [3.63, 3.8) is 0 Å². The fraction of sp³-hybridized carbons (Fsp3) is 0.679. The number of aliphatic imine (C=N–C) groups is 1. The van der Waals surface area contributed by atoms with Crippen molar-refractivity contribution >= 4 is 53.3 Å². The molecule has 0 fully saturated rings. The van der Waals surface area contributed by atoms with Gasteiger partial charge in [-0.25, -0.2) is 4.79 Å². The number of carbonyl (C=O) groups excluding carboxylic acids is 6. The molecule has 0 aliphatic heterocycles. The summed E-state index contributed by atoms with van der Waals surface area (Å²) in [5.41, 5.74) is 27.3. The topological polar surface area (TPSA) is 380 Å². The molecule has 0 heterocycles. The third-order valence-electron chi connectivity index (χ3n) is 6.88. The van der Waals surface area contributed by atoms with Gasteiger partial charge in [0.25, 0.3) is 0 Å². The molecule has 49 heavy (non-hydrogen) atoms. The van der Waals surface area contributed by atoms with Crippen LogP contribution in [0.5, 0.6) is 0 Å². The van der Waals surface area contributed by atoms with Gasteiger partial charge in [0, 0.05) is 13.0 Å². The molecule has 0 aromatic heterocycles. The number of amides is 6. The molecule has 0 saturated carbocycles. The fourth-order valence-electron chi connectivity index (χ4n) is 4.21. The lowest BCUT2D eigenvalue weighted by atomic mass is 10.0. The van der Waals surface area contributed by atoms with E-state index in [4.69, 9.17) is 28.7 Å². The van der Waals surface area contributed by atoms with Gasteiger partial charge in [-0.3, -0.25) is 38.6 Å². The van der Waals surface area contributed by atoms with E-state index >= 15 is 0 Å². The van der Waals surface area contributed by atoms with Crippen LogP contribution in [0.2, 0.25) is 0 Å². The summed E-state index contributed by atoms with van der Waals surface area (Å²) >= 11 is 0. The number of carboxylic acid groups (broad SMARTS) is 2. The van der Waals surface area contributed by atoms with Crippen LogP contribution in [0.15, 0.2) is 4.99 Å². The lowest BCUT2D eigenvalue weighted by Gasteiger charge is -2.24. The first kappa shape index (κ1) is 43.9. The zero-order valence-electron chi connectivity index (χ0n) is 27.7. The highest BCUT2D eigenvalue weighted by molar-refractivity contribution is 5.96. The normalized spacial score (nSPS) is 13.8. The highest BCUT2D eigenvalue weighted by Crippen LogP contribution is 2.06. The number of nitrogens with zero attached hydrogens (tertiary/aromatic N) is 1. The molecule has 0 rings (SSSR count). The summed E-state index contributed by atoms with van der Waals surface area (Å²) in [6, 6.07) is -6.70. The number of primary amides is 1. The van der Waals surface area contributed by atoms with Crippen LogP contribution in [0.1, 0.15) is 65.2 Å². The summed E-state index contributed by atoms with van der Waals surface area (Å²) in [6.07, 6.45) is 0.133. The first-order chi connectivity index (χ1) is 22.9. The summed E-state index contributed by atoms with van der Waals surface area (Å²) in [5.74, 6) is -8.91. The van der Waals surface area contributed by atoms with Crippen LogP contribution in [0.3, 0.4) is 0 Å². The second-order valence-corrected chi connectivity index (χ2v) is 11.5. The van der Waals surface area contributed by atoms with E-state index in [2.05, 4.69) is 31.6 Å². The molecule has 0 saturated heterocycles. The largest absolute Gasteiger partial charge is 0.481 e. The smallest absolute Gasteiger partial charge is 0.326 e. The van der Waals surface area contributed by atoms with Crippen LogP contribution in [-0.4, -0.2) is 113 Å². The van der Waals surface area contributed by atoms with Gasteiger partial charge in [-0.15, -0.1) is 0 Å². The first-order valence-corrected chi connectivity index (χ1v) is 15.6. The third kappa shape index (κ3) is 19.4. The molecule has 0 aliphatic rings. The van der Waals surface area contributed by atoms with E-state index < -0.39 is 96.5 Å². The molecule has 0 spiro atoms. The quantitative estimate of drug-likeness (QED) is 0.0241. The minimum Gasteiger partial charge on any atom is -0.481 e. The predicted octanol–water partition coefficient (Wildman–Crippen LogP) is -4.97. The zero-order chi connectivity index (χ0) is 37.7. The van der Waals surface area contributed by atoms with E-state index in [1.165, 1.54) is 13.8 Å². The maximum absolute atomic E-state index is 13.3. The van der Waals surface area contributed by atoms with Gasteiger partial charge in [-0.2, -0.15) is 0 Å². The average molecular weight is 702 g/mol. The Kier molecular flexibility index (Phi) is 20.9. The molecule has 21 nitrogen and oxygen atoms in total. The maximum Gasteiger partial charge on any atom is 0.326 e. The highest BCUT2D eigenvalue weighted by atomic mass is 16.4. The Hall–Kier alpha value is -5.05. The Bertz CT molecular complexity index is 1190. The van der Waals surface area contributed by atoms with E-state index in [1.54, 1.807) is 0 Å². The SMILES string of the molecule is CC(C)C(NC(=O)C(CC(=O)O)NC(=O)CNC(=O)C(CCCN=C(N)N)NC(=O)C(CCC(N)=O)NC(=O)C(N)CCCCN)C(=O)O. The van der Waals surface area contributed by atoms with Gasteiger partial charge in [0.05, 0.1) is 19.0 Å². The van der Waals surface area contributed by atoms with Crippen molar-refractivity contribution in [2.24, 2.45) is 39.6 Å². The third-order valence-corrected chi connectivity index (χ3v) is 6.88. The lowest BCUT2D eigenvalue weighted by molar-refractivity contribution is -0.144. The Morgan fingerprint density at radius 1 is 0.714 bits per heavy atom. The zero-order valence-corrected chi connectivity index (χ0v) is 27.7. The average Bonchev–Trinajstić information content (AvgIpc) is 3.00. The van der Waals surface area contributed by atoms with Gasteiger partial charge in [0.2, 0.25) is 35.4 Å². The van der Waals surface area contributed by atoms with E-state index in [9.17, 15) is 48.6 Å². The highest BCUT2D eigenvalue weighted by Gasteiger charge is 2.31. The van der Waals surface area contributed by atoms with Crippen molar-refractivity contribution in [1.82, 2.24) is 26.6 Å². The van der Waals surface area contributed by atoms with Crippen molar-refractivity contribution in [2.75, 3.05) is 19.6 Å². The lowest BCUT2D eigenvalue weighted by Crippen LogP contribution is -2.57. The molecule has 278 valence electrons. The molecule has 0 aromatic rings. The minimum atomic E-state index is -1.69. The van der Waals surface area contributed by atoms with Crippen LogP contribution in [0, 0.1) is 5.92 Å². The van der Waals surface area contributed by atoms with E-state index in [0.717, 1.165) is 0 Å².